The Balaban J connectivity index is 1.37. The summed E-state index contributed by atoms with van der Waals surface area (Å²) in [5.74, 6) is -2.61. The van der Waals surface area contributed by atoms with Crippen molar-refractivity contribution < 1.29 is 23.9 Å². The van der Waals surface area contributed by atoms with Crippen LogP contribution in [0.1, 0.15) is 43.6 Å². The average Bonchev–Trinajstić information content (AvgIpc) is 3.71. The molecule has 1 unspecified atom stereocenters. The zero-order valence-electron chi connectivity index (χ0n) is 21.8. The molecule has 0 fully saturated rings. The summed E-state index contributed by atoms with van der Waals surface area (Å²) in [4.78, 5) is 40.5. The van der Waals surface area contributed by atoms with E-state index in [1.54, 1.807) is 47.6 Å². The van der Waals surface area contributed by atoms with Gasteiger partial charge in [-0.3, -0.25) is 14.2 Å². The van der Waals surface area contributed by atoms with E-state index < -0.39 is 23.7 Å². The fourth-order valence-corrected chi connectivity index (χ4v) is 5.31. The van der Waals surface area contributed by atoms with Crippen molar-refractivity contribution in [2.45, 2.75) is 18.9 Å². The number of carboxylic acid groups (broad SMARTS) is 1. The third-order valence-corrected chi connectivity index (χ3v) is 7.42. The zero-order valence-corrected chi connectivity index (χ0v) is 22.5. The molecule has 3 aromatic carbocycles. The number of aromatic carboxylic acids is 1. The fourth-order valence-electron chi connectivity index (χ4n) is 5.14. The van der Waals surface area contributed by atoms with Gasteiger partial charge in [0, 0.05) is 13.0 Å². The standard InChI is InChI=1S/C29H21ClFN7O4/c30-21-4-2-6-24(26(21)31)38-14-22(34-35-38)28(40)37-12-11-19-20(3-1-5-23(19)36-15-32-33-16-36)27(37)25(39)13-17-7-9-18(10-8-17)29(41)42/h1-10,14-16,27H,11-13H2,(H,41,42). The molecule has 1 aliphatic heterocycles. The molecule has 3 heterocycles. The molecule has 0 bridgehead atoms. The molecule has 2 aromatic heterocycles. The lowest BCUT2D eigenvalue weighted by Crippen LogP contribution is -2.44. The Morgan fingerprint density at radius 2 is 1.69 bits per heavy atom. The van der Waals surface area contributed by atoms with E-state index in [1.165, 1.54) is 35.4 Å². The second kappa shape index (κ2) is 11.0. The van der Waals surface area contributed by atoms with Gasteiger partial charge in [-0.15, -0.1) is 15.3 Å². The molecule has 1 N–H and O–H groups in total. The van der Waals surface area contributed by atoms with Gasteiger partial charge in [0.05, 0.1) is 22.5 Å². The second-order valence-electron chi connectivity index (χ2n) is 9.63. The number of benzene rings is 3. The van der Waals surface area contributed by atoms with Crippen LogP contribution in [0.5, 0.6) is 0 Å². The smallest absolute Gasteiger partial charge is 0.335 e. The summed E-state index contributed by atoms with van der Waals surface area (Å²) >= 11 is 5.91. The van der Waals surface area contributed by atoms with Crippen LogP contribution in [-0.4, -0.2) is 64.0 Å². The largest absolute Gasteiger partial charge is 0.478 e. The first kappa shape index (κ1) is 27.0. The first-order valence-corrected chi connectivity index (χ1v) is 13.2. The van der Waals surface area contributed by atoms with E-state index in [2.05, 4.69) is 20.5 Å². The van der Waals surface area contributed by atoms with Gasteiger partial charge < -0.3 is 10.0 Å². The van der Waals surface area contributed by atoms with Crippen LogP contribution >= 0.6 is 11.6 Å². The minimum absolute atomic E-state index is 0.0223. The van der Waals surface area contributed by atoms with Gasteiger partial charge in [-0.25, -0.2) is 13.9 Å². The van der Waals surface area contributed by atoms with Gasteiger partial charge in [0.25, 0.3) is 5.91 Å². The number of carbonyl (C=O) groups is 3. The van der Waals surface area contributed by atoms with Crippen LogP contribution in [0.3, 0.4) is 0 Å². The Morgan fingerprint density at radius 1 is 0.976 bits per heavy atom. The Morgan fingerprint density at radius 3 is 2.43 bits per heavy atom. The lowest BCUT2D eigenvalue weighted by Gasteiger charge is -2.37. The van der Waals surface area contributed by atoms with E-state index in [9.17, 15) is 23.9 Å². The molecule has 5 aromatic rings. The number of fused-ring (bicyclic) bond motifs is 1. The second-order valence-corrected chi connectivity index (χ2v) is 10.0. The van der Waals surface area contributed by atoms with Gasteiger partial charge in [-0.1, -0.05) is 47.1 Å². The topological polar surface area (TPSA) is 136 Å². The number of halogens is 2. The van der Waals surface area contributed by atoms with Crippen LogP contribution in [0.4, 0.5) is 4.39 Å². The monoisotopic (exact) mass is 585 g/mol. The maximum absolute atomic E-state index is 14.6. The molecule has 0 spiro atoms. The molecule has 210 valence electrons. The average molecular weight is 586 g/mol. The molecule has 1 amide bonds. The molecule has 1 atom stereocenters. The summed E-state index contributed by atoms with van der Waals surface area (Å²) in [5, 5.41) is 24.8. The number of ketones is 1. The number of aromatic nitrogens is 6. The number of rotatable bonds is 7. The number of hydrogen-bond donors (Lipinski definition) is 1. The van der Waals surface area contributed by atoms with E-state index in [1.807, 2.05) is 6.07 Å². The van der Waals surface area contributed by atoms with E-state index >= 15 is 0 Å². The van der Waals surface area contributed by atoms with Crippen molar-refractivity contribution >= 4 is 29.3 Å². The van der Waals surface area contributed by atoms with E-state index in [4.69, 9.17) is 11.6 Å². The van der Waals surface area contributed by atoms with Crippen molar-refractivity contribution in [1.82, 2.24) is 34.7 Å². The molecule has 11 nitrogen and oxygen atoms in total. The third kappa shape index (κ3) is 4.92. The maximum atomic E-state index is 14.6. The number of hydrogen-bond acceptors (Lipinski definition) is 7. The number of Topliss-reactive ketones (excluding diaryl/α,β-unsaturated/α-hetero) is 1. The summed E-state index contributed by atoms with van der Waals surface area (Å²) in [6.45, 7) is 0.192. The van der Waals surface area contributed by atoms with E-state index in [0.717, 1.165) is 15.9 Å². The molecule has 6 rings (SSSR count). The molecule has 0 saturated heterocycles. The van der Waals surface area contributed by atoms with Crippen molar-refractivity contribution in [3.8, 4) is 11.4 Å². The van der Waals surface area contributed by atoms with Crippen LogP contribution in [0, 0.1) is 5.82 Å². The summed E-state index contributed by atoms with van der Waals surface area (Å²) in [7, 11) is 0. The maximum Gasteiger partial charge on any atom is 0.335 e. The van der Waals surface area contributed by atoms with E-state index in [0.29, 0.717) is 17.5 Å². The molecule has 13 heteroatoms. The lowest BCUT2D eigenvalue weighted by molar-refractivity contribution is -0.123. The van der Waals surface area contributed by atoms with Crippen LogP contribution in [0.25, 0.3) is 11.4 Å². The van der Waals surface area contributed by atoms with Crippen LogP contribution < -0.4 is 0 Å². The molecular formula is C29H21ClFN7O4. The number of nitrogens with zero attached hydrogens (tertiary/aromatic N) is 7. The van der Waals surface area contributed by atoms with E-state index in [-0.39, 0.29) is 40.7 Å². The SMILES string of the molecule is O=C(O)c1ccc(CC(=O)C2c3cccc(-n4cnnc4)c3CCN2C(=O)c2cn(-c3cccc(Cl)c3F)nn2)cc1. The number of amides is 1. The molecule has 1 aliphatic rings. The van der Waals surface area contributed by atoms with Crippen molar-refractivity contribution in [2.75, 3.05) is 6.54 Å². The first-order valence-electron chi connectivity index (χ1n) is 12.8. The Bertz CT molecular complexity index is 1820. The highest BCUT2D eigenvalue weighted by Gasteiger charge is 2.38. The highest BCUT2D eigenvalue weighted by atomic mass is 35.5. The molecule has 42 heavy (non-hydrogen) atoms. The Kier molecular flexibility index (Phi) is 7.05. The van der Waals surface area contributed by atoms with Crippen molar-refractivity contribution in [3.05, 3.63) is 118 Å². The Hall–Kier alpha value is -5.23. The predicted octanol–water partition coefficient (Wildman–Crippen LogP) is 3.89. The number of carboxylic acids is 1. The first-order chi connectivity index (χ1) is 20.3. The minimum Gasteiger partial charge on any atom is -0.478 e. The predicted molar refractivity (Wildman–Crippen MR) is 147 cm³/mol. The zero-order chi connectivity index (χ0) is 29.4. The van der Waals surface area contributed by atoms with Crippen molar-refractivity contribution in [3.63, 3.8) is 0 Å². The van der Waals surface area contributed by atoms with Crippen molar-refractivity contribution in [2.24, 2.45) is 0 Å². The van der Waals surface area contributed by atoms with Gasteiger partial charge in [0.1, 0.15) is 24.4 Å². The fraction of sp³-hybridized carbons (Fsp3) is 0.138. The molecule has 0 saturated carbocycles. The van der Waals surface area contributed by atoms with Crippen LogP contribution in [0.2, 0.25) is 5.02 Å². The van der Waals surface area contributed by atoms with Gasteiger partial charge in [0.15, 0.2) is 17.3 Å². The molecular weight excluding hydrogens is 565 g/mol. The van der Waals surface area contributed by atoms with Crippen LogP contribution in [0.15, 0.2) is 79.5 Å². The minimum atomic E-state index is -1.07. The molecule has 0 aliphatic carbocycles. The third-order valence-electron chi connectivity index (χ3n) is 7.13. The normalized spacial score (nSPS) is 14.4. The van der Waals surface area contributed by atoms with Gasteiger partial charge in [-0.2, -0.15) is 0 Å². The highest BCUT2D eigenvalue weighted by Crippen LogP contribution is 2.35. The Labute approximate surface area is 242 Å². The van der Waals surface area contributed by atoms with Gasteiger partial charge >= 0.3 is 5.97 Å². The number of carbonyl (C=O) groups excluding carboxylic acids is 2. The van der Waals surface area contributed by atoms with Crippen molar-refractivity contribution in [1.29, 1.82) is 0 Å². The summed E-state index contributed by atoms with van der Waals surface area (Å²) in [6, 6.07) is 14.9. The summed E-state index contributed by atoms with van der Waals surface area (Å²) < 4.78 is 17.5. The van der Waals surface area contributed by atoms with Gasteiger partial charge in [-0.05, 0) is 53.4 Å². The summed E-state index contributed by atoms with van der Waals surface area (Å²) in [6.07, 6.45) is 4.80. The summed E-state index contributed by atoms with van der Waals surface area (Å²) in [5.41, 5.74) is 2.94. The molecule has 0 radical (unpaired) electrons. The quantitative estimate of drug-likeness (QED) is 0.304. The van der Waals surface area contributed by atoms with Gasteiger partial charge in [0.2, 0.25) is 0 Å². The highest BCUT2D eigenvalue weighted by molar-refractivity contribution is 6.30. The van der Waals surface area contributed by atoms with Crippen LogP contribution in [-0.2, 0) is 17.6 Å². The lowest BCUT2D eigenvalue weighted by atomic mass is 9.86.